The van der Waals surface area contributed by atoms with Crippen molar-refractivity contribution in [2.24, 2.45) is 5.92 Å². The highest BCUT2D eigenvalue weighted by molar-refractivity contribution is 7.80. The molecule has 0 aromatic heterocycles. The highest BCUT2D eigenvalue weighted by Gasteiger charge is 2.39. The maximum Gasteiger partial charge on any atom is 0.326 e. The number of hydrogen-bond donors (Lipinski definition) is 3. The summed E-state index contributed by atoms with van der Waals surface area (Å²) in [5.41, 5.74) is 0. The zero-order valence-electron chi connectivity index (χ0n) is 8.46. The van der Waals surface area contributed by atoms with E-state index in [1.165, 1.54) is 4.90 Å². The standard InChI is InChI=1S/C9H15NO4S/c1-5(4-15)8(12)10-3-6(11)2-7(10)9(13)14/h5-7,11,15H,2-4H2,1H3,(H,13,14)/t5?,6-,7+/m1/s1. The second-order valence-electron chi connectivity index (χ2n) is 3.82. The van der Waals surface area contributed by atoms with Gasteiger partial charge in [-0.15, -0.1) is 0 Å². The number of carboxylic acid groups (broad SMARTS) is 1. The van der Waals surface area contributed by atoms with Crippen molar-refractivity contribution in [1.29, 1.82) is 0 Å². The van der Waals surface area contributed by atoms with E-state index in [9.17, 15) is 14.7 Å². The van der Waals surface area contributed by atoms with E-state index in [2.05, 4.69) is 12.6 Å². The average Bonchev–Trinajstić information content (AvgIpc) is 2.58. The first-order chi connectivity index (χ1) is 6.97. The predicted octanol–water partition coefficient (Wildman–Crippen LogP) is -0.401. The fourth-order valence-corrected chi connectivity index (χ4v) is 1.81. The first-order valence-corrected chi connectivity index (χ1v) is 5.42. The van der Waals surface area contributed by atoms with E-state index in [-0.39, 0.29) is 24.8 Å². The zero-order chi connectivity index (χ0) is 11.6. The van der Waals surface area contributed by atoms with Crippen LogP contribution in [0.3, 0.4) is 0 Å². The van der Waals surface area contributed by atoms with Crippen LogP contribution in [-0.4, -0.2) is 51.4 Å². The Balaban J connectivity index is 2.75. The van der Waals surface area contributed by atoms with E-state index >= 15 is 0 Å². The molecule has 0 spiro atoms. The van der Waals surface area contributed by atoms with Crippen LogP contribution in [0.2, 0.25) is 0 Å². The van der Waals surface area contributed by atoms with Crippen LogP contribution in [0.5, 0.6) is 0 Å². The summed E-state index contributed by atoms with van der Waals surface area (Å²) >= 11 is 3.99. The number of rotatable bonds is 3. The summed E-state index contributed by atoms with van der Waals surface area (Å²) in [6.07, 6.45) is -0.623. The first-order valence-electron chi connectivity index (χ1n) is 4.79. The predicted molar refractivity (Wildman–Crippen MR) is 56.8 cm³/mol. The minimum Gasteiger partial charge on any atom is -0.480 e. The van der Waals surface area contributed by atoms with E-state index < -0.39 is 18.1 Å². The minimum atomic E-state index is -1.06. The molecule has 3 atom stereocenters. The van der Waals surface area contributed by atoms with Gasteiger partial charge in [0.25, 0.3) is 0 Å². The topological polar surface area (TPSA) is 77.8 Å². The molecule has 0 aliphatic carbocycles. The molecule has 0 aromatic rings. The summed E-state index contributed by atoms with van der Waals surface area (Å²) in [6.45, 7) is 1.80. The van der Waals surface area contributed by atoms with Gasteiger partial charge < -0.3 is 15.1 Å². The number of aliphatic carboxylic acids is 1. The van der Waals surface area contributed by atoms with E-state index in [0.29, 0.717) is 5.75 Å². The number of amides is 1. The van der Waals surface area contributed by atoms with Gasteiger partial charge in [0.1, 0.15) is 6.04 Å². The van der Waals surface area contributed by atoms with Crippen molar-refractivity contribution in [3.63, 3.8) is 0 Å². The Kier molecular flexibility index (Phi) is 3.98. The lowest BCUT2D eigenvalue weighted by Crippen LogP contribution is -2.43. The van der Waals surface area contributed by atoms with Gasteiger partial charge in [-0.1, -0.05) is 6.92 Å². The molecule has 86 valence electrons. The molecule has 0 saturated carbocycles. The number of hydrogen-bond acceptors (Lipinski definition) is 4. The number of aliphatic hydroxyl groups excluding tert-OH is 1. The van der Waals surface area contributed by atoms with Crippen molar-refractivity contribution in [3.8, 4) is 0 Å². The van der Waals surface area contributed by atoms with Crippen molar-refractivity contribution in [1.82, 2.24) is 4.90 Å². The molecule has 1 rings (SSSR count). The van der Waals surface area contributed by atoms with Gasteiger partial charge in [-0.3, -0.25) is 4.79 Å². The summed E-state index contributed by atoms with van der Waals surface area (Å²) in [6, 6.07) is -0.894. The Bertz CT molecular complexity index is 271. The van der Waals surface area contributed by atoms with E-state index in [4.69, 9.17) is 5.11 Å². The van der Waals surface area contributed by atoms with Crippen LogP contribution in [0, 0.1) is 5.92 Å². The Morgan fingerprint density at radius 3 is 2.67 bits per heavy atom. The maximum atomic E-state index is 11.7. The molecular formula is C9H15NO4S. The number of thiol groups is 1. The third-order valence-corrected chi connectivity index (χ3v) is 3.09. The molecule has 1 fully saturated rings. The number of aliphatic hydroxyl groups is 1. The SMILES string of the molecule is CC(CS)C(=O)N1C[C@H](O)C[C@H]1C(=O)O. The van der Waals surface area contributed by atoms with Gasteiger partial charge in [-0.05, 0) is 0 Å². The normalized spacial score (nSPS) is 27.8. The van der Waals surface area contributed by atoms with Crippen LogP contribution >= 0.6 is 12.6 Å². The molecule has 1 saturated heterocycles. The van der Waals surface area contributed by atoms with Gasteiger partial charge in [0.15, 0.2) is 0 Å². The molecule has 1 aliphatic heterocycles. The van der Waals surface area contributed by atoms with E-state index in [1.54, 1.807) is 6.92 Å². The second kappa shape index (κ2) is 4.85. The van der Waals surface area contributed by atoms with Crippen LogP contribution in [0.1, 0.15) is 13.3 Å². The molecule has 1 heterocycles. The Morgan fingerprint density at radius 2 is 2.20 bits per heavy atom. The van der Waals surface area contributed by atoms with Crippen LogP contribution in [-0.2, 0) is 9.59 Å². The number of carbonyl (C=O) groups excluding carboxylic acids is 1. The van der Waals surface area contributed by atoms with Crippen molar-refractivity contribution in [2.75, 3.05) is 12.3 Å². The number of carboxylic acids is 1. The molecule has 5 nitrogen and oxygen atoms in total. The summed E-state index contributed by atoms with van der Waals surface area (Å²) in [5.74, 6) is -1.27. The number of nitrogens with zero attached hydrogens (tertiary/aromatic N) is 1. The smallest absolute Gasteiger partial charge is 0.326 e. The third-order valence-electron chi connectivity index (χ3n) is 2.54. The van der Waals surface area contributed by atoms with Gasteiger partial charge in [-0.25, -0.2) is 4.79 Å². The van der Waals surface area contributed by atoms with Crippen LogP contribution in [0.25, 0.3) is 0 Å². The molecular weight excluding hydrogens is 218 g/mol. The summed E-state index contributed by atoms with van der Waals surface area (Å²) in [7, 11) is 0. The monoisotopic (exact) mass is 233 g/mol. The average molecular weight is 233 g/mol. The largest absolute Gasteiger partial charge is 0.480 e. The first kappa shape index (κ1) is 12.3. The number of β-amino-alcohol motifs (C(OH)–C–C–N with tert-alkyl or cyclic N) is 1. The fraction of sp³-hybridized carbons (Fsp3) is 0.778. The van der Waals surface area contributed by atoms with Crippen molar-refractivity contribution in [2.45, 2.75) is 25.5 Å². The van der Waals surface area contributed by atoms with Gasteiger partial charge >= 0.3 is 5.97 Å². The lowest BCUT2D eigenvalue weighted by Gasteiger charge is -2.23. The van der Waals surface area contributed by atoms with Gasteiger partial charge in [0.2, 0.25) is 5.91 Å². The molecule has 1 aliphatic rings. The number of carbonyl (C=O) groups is 2. The lowest BCUT2D eigenvalue weighted by molar-refractivity contribution is -0.149. The highest BCUT2D eigenvalue weighted by Crippen LogP contribution is 2.20. The molecule has 0 aromatic carbocycles. The molecule has 6 heteroatoms. The van der Waals surface area contributed by atoms with E-state index in [0.717, 1.165) is 0 Å². The van der Waals surface area contributed by atoms with Gasteiger partial charge in [0.05, 0.1) is 6.10 Å². The Hall–Kier alpha value is -0.750. The lowest BCUT2D eigenvalue weighted by atomic mass is 10.1. The third kappa shape index (κ3) is 2.63. The second-order valence-corrected chi connectivity index (χ2v) is 4.18. The molecule has 1 unspecified atom stereocenters. The summed E-state index contributed by atoms with van der Waals surface area (Å²) < 4.78 is 0. The molecule has 0 bridgehead atoms. The molecule has 15 heavy (non-hydrogen) atoms. The van der Waals surface area contributed by atoms with E-state index in [1.807, 2.05) is 0 Å². The van der Waals surface area contributed by atoms with Gasteiger partial charge in [-0.2, -0.15) is 12.6 Å². The Labute approximate surface area is 93.5 Å². The number of likely N-dealkylation sites (tertiary alicyclic amines) is 1. The Morgan fingerprint density at radius 1 is 1.60 bits per heavy atom. The van der Waals surface area contributed by atoms with Crippen LogP contribution < -0.4 is 0 Å². The van der Waals surface area contributed by atoms with Crippen molar-refractivity contribution < 1.29 is 19.8 Å². The zero-order valence-corrected chi connectivity index (χ0v) is 9.35. The van der Waals surface area contributed by atoms with Crippen molar-refractivity contribution >= 4 is 24.5 Å². The summed E-state index contributed by atoms with van der Waals surface area (Å²) in [5, 5.41) is 18.2. The minimum absolute atomic E-state index is 0.105. The summed E-state index contributed by atoms with van der Waals surface area (Å²) in [4.78, 5) is 23.8. The fourth-order valence-electron chi connectivity index (χ4n) is 1.65. The van der Waals surface area contributed by atoms with Crippen LogP contribution in [0.4, 0.5) is 0 Å². The maximum absolute atomic E-state index is 11.7. The van der Waals surface area contributed by atoms with Crippen molar-refractivity contribution in [3.05, 3.63) is 0 Å². The van der Waals surface area contributed by atoms with Gasteiger partial charge in [0, 0.05) is 24.6 Å². The molecule has 0 radical (unpaired) electrons. The highest BCUT2D eigenvalue weighted by atomic mass is 32.1. The quantitative estimate of drug-likeness (QED) is 0.580. The molecule has 1 amide bonds. The van der Waals surface area contributed by atoms with Crippen LogP contribution in [0.15, 0.2) is 0 Å². The molecule has 2 N–H and O–H groups in total.